The lowest BCUT2D eigenvalue weighted by atomic mass is 10.2. The molecule has 0 bridgehead atoms. The van der Waals surface area contributed by atoms with Crippen LogP contribution in [0.15, 0.2) is 71.6 Å². The van der Waals surface area contributed by atoms with E-state index in [1.165, 1.54) is 44.4 Å². The minimum Gasteiger partial charge on any atom is -0.495 e. The van der Waals surface area contributed by atoms with Gasteiger partial charge in [0.25, 0.3) is 15.7 Å². The van der Waals surface area contributed by atoms with E-state index in [4.69, 9.17) is 16.3 Å². The molecule has 0 aromatic heterocycles. The average molecular weight is 490 g/mol. The number of nitro groups is 1. The van der Waals surface area contributed by atoms with Gasteiger partial charge in [-0.05, 0) is 43.3 Å². The third kappa shape index (κ3) is 5.41. The van der Waals surface area contributed by atoms with Crippen molar-refractivity contribution in [3.05, 3.63) is 87.4 Å². The molecular formula is C22H20ClN3O6S. The number of nitro benzene ring substituents is 1. The molecule has 9 nitrogen and oxygen atoms in total. The summed E-state index contributed by atoms with van der Waals surface area (Å²) in [5.41, 5.74) is 0.427. The van der Waals surface area contributed by atoms with Crippen molar-refractivity contribution in [2.45, 2.75) is 11.8 Å². The molecule has 0 heterocycles. The second kappa shape index (κ2) is 9.88. The highest BCUT2D eigenvalue weighted by atomic mass is 35.5. The molecule has 11 heteroatoms. The fourth-order valence-electron chi connectivity index (χ4n) is 3.08. The van der Waals surface area contributed by atoms with Crippen molar-refractivity contribution >= 4 is 44.6 Å². The van der Waals surface area contributed by atoms with Crippen LogP contribution < -0.4 is 14.4 Å². The van der Waals surface area contributed by atoms with Crippen molar-refractivity contribution in [2.24, 2.45) is 0 Å². The standard InChI is InChI=1S/C22H20ClN3O6S/c1-15-8-10-18(13-19(15)26(28)29)33(30,31)25(20-12-16(23)9-11-21(20)32-2)14-22(27)24-17-6-4-3-5-7-17/h3-13H,14H2,1-2H3,(H,24,27). The fourth-order valence-corrected chi connectivity index (χ4v) is 4.69. The number of nitrogens with one attached hydrogen (secondary N) is 1. The predicted octanol–water partition coefficient (Wildman–Crippen LogP) is 4.40. The van der Waals surface area contributed by atoms with Crippen LogP contribution in [-0.2, 0) is 14.8 Å². The Labute approximate surface area is 195 Å². The summed E-state index contributed by atoms with van der Waals surface area (Å²) in [5.74, 6) is -0.481. The van der Waals surface area contributed by atoms with E-state index in [1.807, 2.05) is 0 Å². The molecule has 0 fully saturated rings. The Morgan fingerprint density at radius 3 is 2.45 bits per heavy atom. The first-order chi connectivity index (χ1) is 15.6. The number of anilines is 2. The molecular weight excluding hydrogens is 470 g/mol. The highest BCUT2D eigenvalue weighted by molar-refractivity contribution is 7.92. The van der Waals surface area contributed by atoms with E-state index in [-0.39, 0.29) is 27.0 Å². The van der Waals surface area contributed by atoms with E-state index in [2.05, 4.69) is 5.32 Å². The van der Waals surface area contributed by atoms with Gasteiger partial charge >= 0.3 is 0 Å². The van der Waals surface area contributed by atoms with E-state index >= 15 is 0 Å². The lowest BCUT2D eigenvalue weighted by molar-refractivity contribution is -0.385. The third-order valence-corrected chi connectivity index (χ3v) is 6.71. The van der Waals surface area contributed by atoms with Gasteiger partial charge in [0, 0.05) is 22.3 Å². The van der Waals surface area contributed by atoms with Crippen LogP contribution in [0.25, 0.3) is 0 Å². The van der Waals surface area contributed by atoms with Gasteiger partial charge in [-0.1, -0.05) is 35.9 Å². The number of methoxy groups -OCH3 is 1. The summed E-state index contributed by atoms with van der Waals surface area (Å²) in [6.07, 6.45) is 0. The van der Waals surface area contributed by atoms with Gasteiger partial charge in [-0.3, -0.25) is 19.2 Å². The molecule has 0 aliphatic carbocycles. The molecule has 0 radical (unpaired) electrons. The van der Waals surface area contributed by atoms with E-state index < -0.39 is 27.4 Å². The Morgan fingerprint density at radius 2 is 1.82 bits per heavy atom. The van der Waals surface area contributed by atoms with Crippen LogP contribution in [0.4, 0.5) is 17.1 Å². The molecule has 172 valence electrons. The number of carbonyl (C=O) groups excluding carboxylic acids is 1. The monoisotopic (exact) mass is 489 g/mol. The van der Waals surface area contributed by atoms with Crippen molar-refractivity contribution in [1.82, 2.24) is 0 Å². The summed E-state index contributed by atoms with van der Waals surface area (Å²) >= 11 is 6.10. The SMILES string of the molecule is COc1ccc(Cl)cc1N(CC(=O)Nc1ccccc1)S(=O)(=O)c1ccc(C)c([N+](=O)[O-])c1. The largest absolute Gasteiger partial charge is 0.495 e. The second-order valence-corrected chi connectivity index (χ2v) is 9.25. The third-order valence-electron chi connectivity index (χ3n) is 4.72. The topological polar surface area (TPSA) is 119 Å². The summed E-state index contributed by atoms with van der Waals surface area (Å²) < 4.78 is 33.3. The van der Waals surface area contributed by atoms with Crippen molar-refractivity contribution in [3.63, 3.8) is 0 Å². The van der Waals surface area contributed by atoms with Crippen LogP contribution in [0.2, 0.25) is 5.02 Å². The summed E-state index contributed by atoms with van der Waals surface area (Å²) in [5, 5.41) is 14.2. The maximum absolute atomic E-state index is 13.6. The Bertz CT molecular complexity index is 1300. The van der Waals surface area contributed by atoms with Gasteiger partial charge < -0.3 is 10.1 Å². The van der Waals surface area contributed by atoms with Crippen LogP contribution >= 0.6 is 11.6 Å². The van der Waals surface area contributed by atoms with Gasteiger partial charge in [0.2, 0.25) is 5.91 Å². The molecule has 3 aromatic rings. The number of nitrogens with zero attached hydrogens (tertiary/aromatic N) is 2. The van der Waals surface area contributed by atoms with Gasteiger partial charge in [0.05, 0.1) is 22.6 Å². The van der Waals surface area contributed by atoms with Crippen molar-refractivity contribution < 1.29 is 22.9 Å². The molecule has 0 unspecified atom stereocenters. The molecule has 0 spiro atoms. The number of halogens is 1. The Morgan fingerprint density at radius 1 is 1.12 bits per heavy atom. The number of hydrogen-bond acceptors (Lipinski definition) is 6. The highest BCUT2D eigenvalue weighted by Gasteiger charge is 2.31. The van der Waals surface area contributed by atoms with Crippen LogP contribution in [0.3, 0.4) is 0 Å². The average Bonchev–Trinajstić information content (AvgIpc) is 2.78. The van der Waals surface area contributed by atoms with Crippen LogP contribution in [0.5, 0.6) is 5.75 Å². The first kappa shape index (κ1) is 24.0. The Balaban J connectivity index is 2.10. The fraction of sp³-hybridized carbons (Fsp3) is 0.136. The minimum absolute atomic E-state index is 0.0106. The molecule has 0 atom stereocenters. The molecule has 0 saturated heterocycles. The van der Waals surface area contributed by atoms with Gasteiger partial charge in [-0.2, -0.15) is 0 Å². The molecule has 3 rings (SSSR count). The quantitative estimate of drug-likeness (QED) is 0.370. The number of ether oxygens (including phenoxy) is 1. The number of rotatable bonds is 8. The summed E-state index contributed by atoms with van der Waals surface area (Å²) in [6.45, 7) is 0.870. The van der Waals surface area contributed by atoms with E-state index in [9.17, 15) is 23.3 Å². The predicted molar refractivity (Wildman–Crippen MR) is 125 cm³/mol. The highest BCUT2D eigenvalue weighted by Crippen LogP contribution is 2.35. The number of amides is 1. The van der Waals surface area contributed by atoms with Gasteiger partial charge in [-0.25, -0.2) is 8.42 Å². The second-order valence-electron chi connectivity index (χ2n) is 6.95. The minimum atomic E-state index is -4.43. The maximum Gasteiger partial charge on any atom is 0.273 e. The molecule has 0 aliphatic rings. The molecule has 3 aromatic carbocycles. The summed E-state index contributed by atoms with van der Waals surface area (Å²) in [4.78, 5) is 23.1. The summed E-state index contributed by atoms with van der Waals surface area (Å²) in [7, 11) is -3.09. The molecule has 0 saturated carbocycles. The first-order valence-corrected chi connectivity index (χ1v) is 11.4. The van der Waals surface area contributed by atoms with Gasteiger partial charge in [0.15, 0.2) is 0 Å². The number of aryl methyl sites for hydroxylation is 1. The van der Waals surface area contributed by atoms with Gasteiger partial charge in [0.1, 0.15) is 12.3 Å². The zero-order valence-corrected chi connectivity index (χ0v) is 19.3. The number of benzene rings is 3. The summed E-state index contributed by atoms with van der Waals surface area (Å²) in [6, 6.07) is 16.4. The number of carbonyl (C=O) groups is 1. The molecule has 1 N–H and O–H groups in total. The Kier molecular flexibility index (Phi) is 7.19. The normalized spacial score (nSPS) is 11.0. The number of para-hydroxylation sites is 1. The molecule has 1 amide bonds. The van der Waals surface area contributed by atoms with Crippen molar-refractivity contribution in [1.29, 1.82) is 0 Å². The zero-order chi connectivity index (χ0) is 24.2. The maximum atomic E-state index is 13.6. The smallest absolute Gasteiger partial charge is 0.273 e. The van der Waals surface area contributed by atoms with Crippen LogP contribution in [0.1, 0.15) is 5.56 Å². The van der Waals surface area contributed by atoms with Crippen molar-refractivity contribution in [3.8, 4) is 5.75 Å². The zero-order valence-electron chi connectivity index (χ0n) is 17.7. The van der Waals surface area contributed by atoms with E-state index in [0.29, 0.717) is 11.3 Å². The van der Waals surface area contributed by atoms with Crippen LogP contribution in [-0.4, -0.2) is 32.9 Å². The van der Waals surface area contributed by atoms with Gasteiger partial charge in [-0.15, -0.1) is 0 Å². The van der Waals surface area contributed by atoms with Crippen LogP contribution in [0, 0.1) is 17.0 Å². The lowest BCUT2D eigenvalue weighted by Gasteiger charge is -2.26. The van der Waals surface area contributed by atoms with E-state index in [1.54, 1.807) is 30.3 Å². The Hall–Kier alpha value is -3.63. The molecule has 33 heavy (non-hydrogen) atoms. The van der Waals surface area contributed by atoms with Crippen molar-refractivity contribution in [2.75, 3.05) is 23.3 Å². The van der Waals surface area contributed by atoms with E-state index in [0.717, 1.165) is 10.4 Å². The molecule has 0 aliphatic heterocycles. The number of sulfonamides is 1. The first-order valence-electron chi connectivity index (χ1n) is 9.59. The number of hydrogen-bond donors (Lipinski definition) is 1. The lowest BCUT2D eigenvalue weighted by Crippen LogP contribution is -2.38.